The first-order valence-corrected chi connectivity index (χ1v) is 9.08. The first-order valence-electron chi connectivity index (χ1n) is 9.08. The fraction of sp³-hybridized carbons (Fsp3) is 0.174. The number of hydrogen-bond donors (Lipinski definition) is 1. The van der Waals surface area contributed by atoms with E-state index in [9.17, 15) is 9.59 Å². The van der Waals surface area contributed by atoms with Crippen LogP contribution in [-0.4, -0.2) is 34.9 Å². The van der Waals surface area contributed by atoms with Crippen molar-refractivity contribution >= 4 is 23.8 Å². The average molecular weight is 390 g/mol. The molecule has 148 valence electrons. The van der Waals surface area contributed by atoms with Gasteiger partial charge in [0.25, 0.3) is 0 Å². The van der Waals surface area contributed by atoms with Crippen LogP contribution < -0.4 is 0 Å². The lowest BCUT2D eigenvalue weighted by Crippen LogP contribution is -2.08. The lowest BCUT2D eigenvalue weighted by Gasteiger charge is -2.15. The summed E-state index contributed by atoms with van der Waals surface area (Å²) in [6, 6.07) is 14.0. The van der Waals surface area contributed by atoms with Crippen LogP contribution in [0, 0.1) is 20.8 Å². The van der Waals surface area contributed by atoms with Crippen LogP contribution in [0.1, 0.15) is 43.2 Å². The van der Waals surface area contributed by atoms with E-state index in [1.165, 1.54) is 19.2 Å². The minimum atomic E-state index is -0.964. The topological polar surface area (TPSA) is 80.9 Å². The molecule has 0 radical (unpaired) electrons. The lowest BCUT2D eigenvalue weighted by molar-refractivity contribution is 0.0599. The Bertz CT molecular complexity index is 1110. The van der Waals surface area contributed by atoms with Gasteiger partial charge in [0.1, 0.15) is 0 Å². The molecule has 3 rings (SSSR count). The molecule has 0 aliphatic carbocycles. The number of nitrogens with zero attached hydrogens (tertiary/aromatic N) is 2. The van der Waals surface area contributed by atoms with Crippen LogP contribution in [0.15, 0.2) is 53.5 Å². The number of ether oxygens (including phenoxy) is 1. The highest BCUT2D eigenvalue weighted by atomic mass is 16.5. The van der Waals surface area contributed by atoms with E-state index in [1.807, 2.05) is 39.0 Å². The quantitative estimate of drug-likeness (QED) is 0.508. The number of aromatic nitrogens is 1. The van der Waals surface area contributed by atoms with E-state index in [1.54, 1.807) is 24.4 Å². The summed E-state index contributed by atoms with van der Waals surface area (Å²) in [4.78, 5) is 27.4. The lowest BCUT2D eigenvalue weighted by atomic mass is 10.1. The van der Waals surface area contributed by atoms with E-state index in [-0.39, 0.29) is 11.5 Å². The van der Waals surface area contributed by atoms with Crippen molar-refractivity contribution in [2.24, 2.45) is 4.99 Å². The third-order valence-electron chi connectivity index (χ3n) is 4.89. The van der Waals surface area contributed by atoms with Crippen molar-refractivity contribution in [1.29, 1.82) is 0 Å². The smallest absolute Gasteiger partial charge is 0.338 e. The fourth-order valence-corrected chi connectivity index (χ4v) is 3.32. The summed E-state index contributed by atoms with van der Waals surface area (Å²) in [5.74, 6) is -1.33. The maximum Gasteiger partial charge on any atom is 0.338 e. The van der Waals surface area contributed by atoms with Crippen molar-refractivity contribution in [2.75, 3.05) is 7.11 Å². The Balaban J connectivity index is 1.97. The predicted octanol–water partition coefficient (Wildman–Crippen LogP) is 4.64. The van der Waals surface area contributed by atoms with Gasteiger partial charge in [0.2, 0.25) is 0 Å². The Morgan fingerprint density at radius 2 is 1.76 bits per heavy atom. The SMILES string of the molecule is COC(=O)c1cccc(-n2c(C)cc(C=Nc3ccc(C(=O)O)cc3)c2C)c1C. The van der Waals surface area contributed by atoms with E-state index >= 15 is 0 Å². The van der Waals surface area contributed by atoms with Crippen LogP contribution in [0.4, 0.5) is 5.69 Å². The van der Waals surface area contributed by atoms with Gasteiger partial charge in [0.05, 0.1) is 23.9 Å². The molecule has 0 aliphatic rings. The highest BCUT2D eigenvalue weighted by Gasteiger charge is 2.16. The van der Waals surface area contributed by atoms with E-state index in [2.05, 4.69) is 9.56 Å². The van der Waals surface area contributed by atoms with Gasteiger partial charge in [0.15, 0.2) is 0 Å². The Hall–Kier alpha value is -3.67. The Morgan fingerprint density at radius 1 is 1.07 bits per heavy atom. The van der Waals surface area contributed by atoms with Crippen molar-refractivity contribution in [1.82, 2.24) is 4.57 Å². The monoisotopic (exact) mass is 390 g/mol. The summed E-state index contributed by atoms with van der Waals surface area (Å²) >= 11 is 0. The molecule has 3 aromatic rings. The maximum absolute atomic E-state index is 12.0. The van der Waals surface area contributed by atoms with Crippen molar-refractivity contribution in [3.05, 3.63) is 82.2 Å². The molecule has 0 aliphatic heterocycles. The molecule has 2 aromatic carbocycles. The van der Waals surface area contributed by atoms with Crippen LogP contribution in [0.3, 0.4) is 0 Å². The number of aliphatic imine (C=N–C) groups is 1. The number of methoxy groups -OCH3 is 1. The minimum absolute atomic E-state index is 0.225. The highest BCUT2D eigenvalue weighted by molar-refractivity contribution is 5.92. The summed E-state index contributed by atoms with van der Waals surface area (Å²) in [6.07, 6.45) is 1.76. The molecule has 1 heterocycles. The second-order valence-corrected chi connectivity index (χ2v) is 6.71. The van der Waals surface area contributed by atoms with E-state index in [4.69, 9.17) is 9.84 Å². The van der Waals surface area contributed by atoms with Crippen LogP contribution in [0.25, 0.3) is 5.69 Å². The fourth-order valence-electron chi connectivity index (χ4n) is 3.32. The number of carboxylic acids is 1. The first kappa shape index (κ1) is 20.1. The molecule has 0 spiro atoms. The number of carbonyl (C=O) groups excluding carboxylic acids is 1. The zero-order valence-electron chi connectivity index (χ0n) is 16.8. The molecule has 6 nitrogen and oxygen atoms in total. The Kier molecular flexibility index (Phi) is 5.64. The third kappa shape index (κ3) is 3.96. The molecule has 0 saturated carbocycles. The normalized spacial score (nSPS) is 11.0. The number of aryl methyl sites for hydroxylation is 1. The van der Waals surface area contributed by atoms with Crippen molar-refractivity contribution in [3.8, 4) is 5.69 Å². The zero-order chi connectivity index (χ0) is 21.1. The Morgan fingerprint density at radius 3 is 2.38 bits per heavy atom. The molecule has 29 heavy (non-hydrogen) atoms. The molecule has 0 atom stereocenters. The van der Waals surface area contributed by atoms with Gasteiger partial charge in [-0.2, -0.15) is 0 Å². The molecule has 6 heteroatoms. The summed E-state index contributed by atoms with van der Waals surface area (Å²) in [5, 5.41) is 8.98. The van der Waals surface area contributed by atoms with Crippen LogP contribution in [0.2, 0.25) is 0 Å². The standard InChI is InChI=1S/C23H22N2O4/c1-14-12-18(13-24-19-10-8-17(9-11-19)22(26)27)16(3)25(14)21-7-5-6-20(15(21)2)23(28)29-4/h5-13H,1-4H3,(H,26,27). The average Bonchev–Trinajstić information content (AvgIpc) is 2.99. The molecule has 1 aromatic heterocycles. The number of benzene rings is 2. The molecule has 0 saturated heterocycles. The summed E-state index contributed by atoms with van der Waals surface area (Å²) in [7, 11) is 1.37. The van der Waals surface area contributed by atoms with Crippen molar-refractivity contribution in [2.45, 2.75) is 20.8 Å². The van der Waals surface area contributed by atoms with Gasteiger partial charge in [-0.05, 0) is 68.8 Å². The van der Waals surface area contributed by atoms with E-state index in [0.717, 1.165) is 28.2 Å². The van der Waals surface area contributed by atoms with Gasteiger partial charge < -0.3 is 14.4 Å². The molecule has 1 N–H and O–H groups in total. The number of carboxylic acid groups (broad SMARTS) is 1. The van der Waals surface area contributed by atoms with E-state index < -0.39 is 5.97 Å². The van der Waals surface area contributed by atoms with Crippen molar-refractivity contribution < 1.29 is 19.4 Å². The molecule has 0 amide bonds. The van der Waals surface area contributed by atoms with Gasteiger partial charge in [-0.25, -0.2) is 9.59 Å². The zero-order valence-corrected chi connectivity index (χ0v) is 16.8. The van der Waals surface area contributed by atoms with Gasteiger partial charge in [0, 0.05) is 28.9 Å². The van der Waals surface area contributed by atoms with Crippen LogP contribution in [-0.2, 0) is 4.74 Å². The summed E-state index contributed by atoms with van der Waals surface area (Å²) in [5.41, 5.74) is 6.11. The second-order valence-electron chi connectivity index (χ2n) is 6.71. The first-order chi connectivity index (χ1) is 13.8. The molecule has 0 unspecified atom stereocenters. The predicted molar refractivity (Wildman–Crippen MR) is 112 cm³/mol. The van der Waals surface area contributed by atoms with Crippen LogP contribution in [0.5, 0.6) is 0 Å². The number of hydrogen-bond acceptors (Lipinski definition) is 4. The van der Waals surface area contributed by atoms with Gasteiger partial charge in [-0.3, -0.25) is 4.99 Å². The Labute approximate surface area is 169 Å². The highest BCUT2D eigenvalue weighted by Crippen LogP contribution is 2.25. The number of rotatable bonds is 5. The van der Waals surface area contributed by atoms with Gasteiger partial charge >= 0.3 is 11.9 Å². The molecular weight excluding hydrogens is 368 g/mol. The summed E-state index contributed by atoms with van der Waals surface area (Å²) in [6.45, 7) is 5.89. The third-order valence-corrected chi connectivity index (χ3v) is 4.89. The van der Waals surface area contributed by atoms with Gasteiger partial charge in [-0.15, -0.1) is 0 Å². The summed E-state index contributed by atoms with van der Waals surface area (Å²) < 4.78 is 6.96. The number of aromatic carboxylic acids is 1. The van der Waals surface area contributed by atoms with Crippen molar-refractivity contribution in [3.63, 3.8) is 0 Å². The largest absolute Gasteiger partial charge is 0.478 e. The molecule has 0 bridgehead atoms. The molecular formula is C23H22N2O4. The maximum atomic E-state index is 12.0. The number of esters is 1. The van der Waals surface area contributed by atoms with E-state index in [0.29, 0.717) is 11.3 Å². The second kappa shape index (κ2) is 8.14. The molecule has 0 fully saturated rings. The minimum Gasteiger partial charge on any atom is -0.478 e. The van der Waals surface area contributed by atoms with Gasteiger partial charge in [-0.1, -0.05) is 6.07 Å². The number of carbonyl (C=O) groups is 2. The van der Waals surface area contributed by atoms with Crippen LogP contribution >= 0.6 is 0 Å².